The Kier molecular flexibility index (Phi) is 7.04. The fourth-order valence-corrected chi connectivity index (χ4v) is 2.86. The summed E-state index contributed by atoms with van der Waals surface area (Å²) < 4.78 is 11.6. The predicted molar refractivity (Wildman–Crippen MR) is 87.1 cm³/mol. The Labute approximate surface area is 129 Å². The van der Waals surface area contributed by atoms with E-state index in [0.717, 1.165) is 38.4 Å². The topological polar surface area (TPSA) is 30.5 Å². The van der Waals surface area contributed by atoms with Gasteiger partial charge < -0.3 is 14.8 Å². The van der Waals surface area contributed by atoms with Gasteiger partial charge in [0.05, 0.1) is 6.61 Å². The molecule has 1 saturated heterocycles. The summed E-state index contributed by atoms with van der Waals surface area (Å²) >= 11 is 0. The van der Waals surface area contributed by atoms with Gasteiger partial charge in [0.15, 0.2) is 0 Å². The summed E-state index contributed by atoms with van der Waals surface area (Å²) in [5.74, 6) is 1.03. The van der Waals surface area contributed by atoms with Gasteiger partial charge in [-0.2, -0.15) is 0 Å². The van der Waals surface area contributed by atoms with Crippen LogP contribution in [0.5, 0.6) is 5.75 Å². The Morgan fingerprint density at radius 1 is 1.10 bits per heavy atom. The van der Waals surface area contributed by atoms with Crippen LogP contribution < -0.4 is 10.1 Å². The van der Waals surface area contributed by atoms with E-state index in [1.807, 2.05) is 0 Å². The summed E-state index contributed by atoms with van der Waals surface area (Å²) in [6, 6.07) is 6.93. The molecule has 0 aromatic heterocycles. The number of hydrogen-bond donors (Lipinski definition) is 1. The largest absolute Gasteiger partial charge is 0.493 e. The van der Waals surface area contributed by atoms with Crippen molar-refractivity contribution in [1.29, 1.82) is 0 Å². The SMILES string of the molecule is Cc1cccc(C)c1OCCCOCCC1CCCCN1. The number of aryl methyl sites for hydroxylation is 2. The Balaban J connectivity index is 1.52. The van der Waals surface area contributed by atoms with Crippen molar-refractivity contribution in [2.24, 2.45) is 0 Å². The first-order valence-corrected chi connectivity index (χ1v) is 8.27. The molecular weight excluding hydrogens is 262 g/mol. The number of piperidine rings is 1. The highest BCUT2D eigenvalue weighted by Gasteiger charge is 2.11. The Bertz CT molecular complexity index is 393. The highest BCUT2D eigenvalue weighted by atomic mass is 16.5. The van der Waals surface area contributed by atoms with Crippen LogP contribution in [0.3, 0.4) is 0 Å². The molecule has 0 aliphatic carbocycles. The first kappa shape index (κ1) is 16.3. The fourth-order valence-electron chi connectivity index (χ4n) is 2.86. The third kappa shape index (κ3) is 5.68. The zero-order valence-electron chi connectivity index (χ0n) is 13.5. The second kappa shape index (κ2) is 9.06. The predicted octanol–water partition coefficient (Wildman–Crippen LogP) is 3.62. The van der Waals surface area contributed by atoms with Crippen LogP contribution in [0.25, 0.3) is 0 Å². The van der Waals surface area contributed by atoms with Crippen molar-refractivity contribution in [2.45, 2.75) is 52.0 Å². The van der Waals surface area contributed by atoms with Crippen LogP contribution in [0.4, 0.5) is 0 Å². The van der Waals surface area contributed by atoms with Gasteiger partial charge in [-0.25, -0.2) is 0 Å². The quantitative estimate of drug-likeness (QED) is 0.742. The van der Waals surface area contributed by atoms with Gasteiger partial charge in [-0.1, -0.05) is 24.6 Å². The van der Waals surface area contributed by atoms with Gasteiger partial charge >= 0.3 is 0 Å². The van der Waals surface area contributed by atoms with Crippen LogP contribution in [0.15, 0.2) is 18.2 Å². The van der Waals surface area contributed by atoms with Crippen molar-refractivity contribution in [3.05, 3.63) is 29.3 Å². The number of benzene rings is 1. The van der Waals surface area contributed by atoms with Crippen molar-refractivity contribution in [3.63, 3.8) is 0 Å². The molecule has 21 heavy (non-hydrogen) atoms. The van der Waals surface area contributed by atoms with Crippen molar-refractivity contribution >= 4 is 0 Å². The molecule has 3 nitrogen and oxygen atoms in total. The van der Waals surface area contributed by atoms with E-state index in [1.54, 1.807) is 0 Å². The molecule has 1 fully saturated rings. The van der Waals surface area contributed by atoms with Gasteiger partial charge in [0.25, 0.3) is 0 Å². The second-order valence-corrected chi connectivity index (χ2v) is 5.97. The van der Waals surface area contributed by atoms with E-state index in [9.17, 15) is 0 Å². The summed E-state index contributed by atoms with van der Waals surface area (Å²) in [4.78, 5) is 0. The molecule has 1 heterocycles. The van der Waals surface area contributed by atoms with Crippen LogP contribution in [0.1, 0.15) is 43.2 Å². The molecule has 0 saturated carbocycles. The van der Waals surface area contributed by atoms with Crippen molar-refractivity contribution in [1.82, 2.24) is 5.32 Å². The minimum absolute atomic E-state index is 0.671. The summed E-state index contributed by atoms with van der Waals surface area (Å²) in [5, 5.41) is 3.55. The molecule has 3 heteroatoms. The molecule has 0 amide bonds. The highest BCUT2D eigenvalue weighted by molar-refractivity contribution is 5.39. The average Bonchev–Trinajstić information content (AvgIpc) is 2.50. The maximum absolute atomic E-state index is 5.87. The maximum Gasteiger partial charge on any atom is 0.125 e. The zero-order chi connectivity index (χ0) is 14.9. The van der Waals surface area contributed by atoms with Gasteiger partial charge in [0.2, 0.25) is 0 Å². The second-order valence-electron chi connectivity index (χ2n) is 5.97. The Hall–Kier alpha value is -1.06. The Morgan fingerprint density at radius 2 is 1.90 bits per heavy atom. The summed E-state index contributed by atoms with van der Waals surface area (Å²) in [6.45, 7) is 7.74. The molecule has 0 spiro atoms. The molecule has 1 N–H and O–H groups in total. The Morgan fingerprint density at radius 3 is 2.62 bits per heavy atom. The minimum atomic E-state index is 0.671. The fraction of sp³-hybridized carbons (Fsp3) is 0.667. The normalized spacial score (nSPS) is 18.7. The number of ether oxygens (including phenoxy) is 2. The molecule has 1 aromatic rings. The zero-order valence-corrected chi connectivity index (χ0v) is 13.5. The summed E-state index contributed by atoms with van der Waals surface area (Å²) in [7, 11) is 0. The van der Waals surface area contributed by atoms with E-state index in [4.69, 9.17) is 9.47 Å². The maximum atomic E-state index is 5.87. The van der Waals surface area contributed by atoms with Gasteiger partial charge in [-0.3, -0.25) is 0 Å². The van der Waals surface area contributed by atoms with Gasteiger partial charge in [0, 0.05) is 25.7 Å². The van der Waals surface area contributed by atoms with Gasteiger partial charge in [0.1, 0.15) is 5.75 Å². The van der Waals surface area contributed by atoms with Crippen LogP contribution in [-0.2, 0) is 4.74 Å². The van der Waals surface area contributed by atoms with Crippen LogP contribution in [-0.4, -0.2) is 32.4 Å². The molecule has 1 aromatic carbocycles. The monoisotopic (exact) mass is 291 g/mol. The van der Waals surface area contributed by atoms with E-state index in [1.165, 1.54) is 36.9 Å². The van der Waals surface area contributed by atoms with Crippen LogP contribution in [0.2, 0.25) is 0 Å². The van der Waals surface area contributed by atoms with Gasteiger partial charge in [-0.05, 0) is 50.8 Å². The molecular formula is C18H29NO2. The van der Waals surface area contributed by atoms with Crippen LogP contribution >= 0.6 is 0 Å². The average molecular weight is 291 g/mol. The lowest BCUT2D eigenvalue weighted by Gasteiger charge is -2.23. The molecule has 2 rings (SSSR count). The first-order chi connectivity index (χ1) is 10.3. The first-order valence-electron chi connectivity index (χ1n) is 8.27. The molecule has 0 radical (unpaired) electrons. The number of para-hydroxylation sites is 1. The number of hydrogen-bond acceptors (Lipinski definition) is 3. The number of nitrogens with one attached hydrogen (secondary N) is 1. The molecule has 1 aliphatic rings. The smallest absolute Gasteiger partial charge is 0.125 e. The third-order valence-corrected chi connectivity index (χ3v) is 4.11. The van der Waals surface area contributed by atoms with Crippen molar-refractivity contribution < 1.29 is 9.47 Å². The van der Waals surface area contributed by atoms with E-state index in [-0.39, 0.29) is 0 Å². The van der Waals surface area contributed by atoms with E-state index in [2.05, 4.69) is 37.4 Å². The lowest BCUT2D eigenvalue weighted by molar-refractivity contribution is 0.108. The van der Waals surface area contributed by atoms with E-state index < -0.39 is 0 Å². The summed E-state index contributed by atoms with van der Waals surface area (Å²) in [6.07, 6.45) is 6.08. The van der Waals surface area contributed by atoms with Gasteiger partial charge in [-0.15, -0.1) is 0 Å². The minimum Gasteiger partial charge on any atom is -0.493 e. The number of rotatable bonds is 8. The molecule has 1 aliphatic heterocycles. The summed E-state index contributed by atoms with van der Waals surface area (Å²) in [5.41, 5.74) is 2.42. The third-order valence-electron chi connectivity index (χ3n) is 4.11. The lowest BCUT2D eigenvalue weighted by atomic mass is 10.0. The standard InChI is InChI=1S/C18H29NO2/c1-15-7-5-8-16(2)18(15)21-13-6-12-20-14-10-17-9-3-4-11-19-17/h5,7-8,17,19H,3-4,6,9-14H2,1-2H3. The van der Waals surface area contributed by atoms with Crippen molar-refractivity contribution in [3.8, 4) is 5.75 Å². The lowest BCUT2D eigenvalue weighted by Crippen LogP contribution is -2.34. The molecule has 1 atom stereocenters. The molecule has 1 unspecified atom stereocenters. The van der Waals surface area contributed by atoms with E-state index in [0.29, 0.717) is 6.04 Å². The molecule has 118 valence electrons. The van der Waals surface area contributed by atoms with E-state index >= 15 is 0 Å². The van der Waals surface area contributed by atoms with Crippen molar-refractivity contribution in [2.75, 3.05) is 26.4 Å². The molecule has 0 bridgehead atoms. The highest BCUT2D eigenvalue weighted by Crippen LogP contribution is 2.22. The van der Waals surface area contributed by atoms with Crippen LogP contribution in [0, 0.1) is 13.8 Å².